The fourth-order valence-corrected chi connectivity index (χ4v) is 6.27. The van der Waals surface area contributed by atoms with Gasteiger partial charge in [-0.1, -0.05) is 78.9 Å². The molecule has 0 aliphatic rings. The zero-order valence-corrected chi connectivity index (χ0v) is 26.1. The lowest BCUT2D eigenvalue weighted by Crippen LogP contribution is -2.54. The monoisotopic (exact) mass is 613 g/mol. The zero-order chi connectivity index (χ0) is 31.5. The maximum atomic E-state index is 14.4. The van der Waals surface area contributed by atoms with Gasteiger partial charge in [-0.15, -0.1) is 0 Å². The van der Waals surface area contributed by atoms with Crippen LogP contribution in [0.1, 0.15) is 31.9 Å². The van der Waals surface area contributed by atoms with Crippen molar-refractivity contribution in [1.29, 1.82) is 0 Å². The third-order valence-corrected chi connectivity index (χ3v) is 8.73. The lowest BCUT2D eigenvalue weighted by molar-refractivity contribution is -0.140. The summed E-state index contributed by atoms with van der Waals surface area (Å²) in [7, 11) is -4.16. The van der Waals surface area contributed by atoms with Gasteiger partial charge in [-0.2, -0.15) is 0 Å². The normalized spacial score (nSPS) is 11.9. The molecular formula is C35H39N3O5S. The van der Waals surface area contributed by atoms with Gasteiger partial charge in [0.05, 0.1) is 17.2 Å². The van der Waals surface area contributed by atoms with E-state index < -0.39 is 28.5 Å². The summed E-state index contributed by atoms with van der Waals surface area (Å²) in [6.07, 6.45) is 0.256. The lowest BCUT2D eigenvalue weighted by Gasteiger charge is -2.34. The van der Waals surface area contributed by atoms with E-state index in [1.807, 2.05) is 81.4 Å². The summed E-state index contributed by atoms with van der Waals surface area (Å²) in [6, 6.07) is 32.4. The van der Waals surface area contributed by atoms with Crippen molar-refractivity contribution in [3.63, 3.8) is 0 Å². The second-order valence-electron chi connectivity index (χ2n) is 10.6. The highest BCUT2D eigenvalue weighted by atomic mass is 32.2. The van der Waals surface area contributed by atoms with Gasteiger partial charge in [-0.25, -0.2) is 8.42 Å². The smallest absolute Gasteiger partial charge is 0.264 e. The largest absolute Gasteiger partial charge is 0.494 e. The molecule has 0 fully saturated rings. The molecule has 0 bridgehead atoms. The van der Waals surface area contributed by atoms with Crippen LogP contribution in [0.2, 0.25) is 0 Å². The van der Waals surface area contributed by atoms with E-state index in [0.717, 1.165) is 15.4 Å². The number of carbonyl (C=O) groups is 2. The first kappa shape index (κ1) is 32.3. The van der Waals surface area contributed by atoms with Gasteiger partial charge in [-0.05, 0) is 68.3 Å². The number of hydrogen-bond acceptors (Lipinski definition) is 5. The number of rotatable bonds is 14. The van der Waals surface area contributed by atoms with Crippen LogP contribution in [0.25, 0.3) is 0 Å². The molecule has 0 saturated carbocycles. The predicted molar refractivity (Wildman–Crippen MR) is 173 cm³/mol. The number of anilines is 1. The van der Waals surface area contributed by atoms with Gasteiger partial charge in [0.1, 0.15) is 18.3 Å². The van der Waals surface area contributed by atoms with Gasteiger partial charge in [0, 0.05) is 19.0 Å². The van der Waals surface area contributed by atoms with Crippen molar-refractivity contribution in [2.24, 2.45) is 0 Å². The minimum Gasteiger partial charge on any atom is -0.494 e. The highest BCUT2D eigenvalue weighted by Gasteiger charge is 2.34. The van der Waals surface area contributed by atoms with Gasteiger partial charge in [0.2, 0.25) is 11.8 Å². The number of carbonyl (C=O) groups excluding carboxylic acids is 2. The summed E-state index contributed by atoms with van der Waals surface area (Å²) in [5, 5.41) is 2.96. The average molecular weight is 614 g/mol. The molecule has 4 rings (SSSR count). The molecule has 1 N–H and O–H groups in total. The number of amides is 2. The van der Waals surface area contributed by atoms with E-state index in [-0.39, 0.29) is 29.8 Å². The van der Waals surface area contributed by atoms with Crippen molar-refractivity contribution in [3.8, 4) is 5.75 Å². The molecule has 0 aliphatic carbocycles. The third kappa shape index (κ3) is 8.48. The van der Waals surface area contributed by atoms with Crippen LogP contribution in [0.3, 0.4) is 0 Å². The zero-order valence-electron chi connectivity index (χ0n) is 25.3. The SMILES string of the molecule is CCOc1ccc(N(CC(=O)N(Cc2ccccc2)[C@@H](Cc2ccccc2)C(=O)NC(C)C)S(=O)(=O)c2ccccc2)cc1. The fourth-order valence-electron chi connectivity index (χ4n) is 4.84. The second-order valence-corrected chi connectivity index (χ2v) is 12.5. The summed E-state index contributed by atoms with van der Waals surface area (Å²) in [5.74, 6) is -0.243. The number of nitrogens with zero attached hydrogens (tertiary/aromatic N) is 2. The molecule has 4 aromatic carbocycles. The van der Waals surface area contributed by atoms with Crippen molar-refractivity contribution in [2.75, 3.05) is 17.5 Å². The van der Waals surface area contributed by atoms with Crippen LogP contribution in [0.15, 0.2) is 120 Å². The molecule has 8 nitrogen and oxygen atoms in total. The Hall–Kier alpha value is -4.63. The number of ether oxygens (including phenoxy) is 1. The van der Waals surface area contributed by atoms with Crippen LogP contribution in [-0.4, -0.2) is 50.4 Å². The maximum absolute atomic E-state index is 14.4. The first-order chi connectivity index (χ1) is 21.2. The molecule has 9 heteroatoms. The van der Waals surface area contributed by atoms with E-state index in [1.165, 1.54) is 17.0 Å². The predicted octanol–water partition coefficient (Wildman–Crippen LogP) is 5.45. The minimum absolute atomic E-state index is 0.0506. The molecule has 1 atom stereocenters. The highest BCUT2D eigenvalue weighted by molar-refractivity contribution is 7.92. The molecular weight excluding hydrogens is 574 g/mol. The molecule has 4 aromatic rings. The molecule has 0 saturated heterocycles. The molecule has 2 amide bonds. The highest BCUT2D eigenvalue weighted by Crippen LogP contribution is 2.27. The Bertz CT molecular complexity index is 1600. The van der Waals surface area contributed by atoms with Gasteiger partial charge >= 0.3 is 0 Å². The Labute approximate surface area is 260 Å². The van der Waals surface area contributed by atoms with Crippen LogP contribution in [0, 0.1) is 0 Å². The van der Waals surface area contributed by atoms with Gasteiger partial charge in [0.25, 0.3) is 10.0 Å². The Kier molecular flexibility index (Phi) is 11.2. The first-order valence-electron chi connectivity index (χ1n) is 14.7. The van der Waals surface area contributed by atoms with Crippen LogP contribution >= 0.6 is 0 Å². The van der Waals surface area contributed by atoms with Gasteiger partial charge < -0.3 is 15.0 Å². The molecule has 230 valence electrons. The second kappa shape index (κ2) is 15.2. The van der Waals surface area contributed by atoms with Crippen molar-refractivity contribution in [3.05, 3.63) is 126 Å². The Morgan fingerprint density at radius 1 is 0.773 bits per heavy atom. The van der Waals surface area contributed by atoms with E-state index >= 15 is 0 Å². The van der Waals surface area contributed by atoms with Crippen LogP contribution in [0.4, 0.5) is 5.69 Å². The third-order valence-electron chi connectivity index (χ3n) is 6.94. The number of hydrogen-bond donors (Lipinski definition) is 1. The fraction of sp³-hybridized carbons (Fsp3) is 0.257. The van der Waals surface area contributed by atoms with Gasteiger partial charge in [-0.3, -0.25) is 13.9 Å². The molecule has 0 aliphatic heterocycles. The summed E-state index contributed by atoms with van der Waals surface area (Å²) in [5.41, 5.74) is 1.99. The summed E-state index contributed by atoms with van der Waals surface area (Å²) >= 11 is 0. The first-order valence-corrected chi connectivity index (χ1v) is 16.1. The Morgan fingerprint density at radius 2 is 1.32 bits per heavy atom. The van der Waals surface area contributed by atoms with Crippen molar-refractivity contribution >= 4 is 27.5 Å². The molecule has 0 spiro atoms. The lowest BCUT2D eigenvalue weighted by atomic mass is 10.0. The standard InChI is InChI=1S/C35H39N3O5S/c1-4-43-31-22-20-30(21-23-31)38(44(41,42)32-18-12-7-13-19-32)26-34(39)37(25-29-16-10-6-11-17-29)33(35(40)36-27(2)3)24-28-14-8-5-9-15-28/h5-23,27,33H,4,24-26H2,1-3H3,(H,36,40)/t33-/m0/s1. The summed E-state index contributed by atoms with van der Waals surface area (Å²) in [4.78, 5) is 29.7. The van der Waals surface area contributed by atoms with Crippen LogP contribution < -0.4 is 14.4 Å². The summed E-state index contributed by atoms with van der Waals surface area (Å²) < 4.78 is 34.7. The van der Waals surface area contributed by atoms with Crippen LogP contribution in [0.5, 0.6) is 5.75 Å². The molecule has 0 heterocycles. The average Bonchev–Trinajstić information content (AvgIpc) is 3.03. The topological polar surface area (TPSA) is 96.0 Å². The molecule has 0 radical (unpaired) electrons. The number of nitrogens with one attached hydrogen (secondary N) is 1. The minimum atomic E-state index is -4.16. The van der Waals surface area contributed by atoms with E-state index in [1.54, 1.807) is 42.5 Å². The number of benzene rings is 4. The van der Waals surface area contributed by atoms with Gasteiger partial charge in [0.15, 0.2) is 0 Å². The molecule has 44 heavy (non-hydrogen) atoms. The van der Waals surface area contributed by atoms with Crippen LogP contribution in [-0.2, 0) is 32.6 Å². The Balaban J connectivity index is 1.78. The van der Waals surface area contributed by atoms with E-state index in [4.69, 9.17) is 4.74 Å². The van der Waals surface area contributed by atoms with Crippen molar-refractivity contribution in [2.45, 2.75) is 50.7 Å². The van der Waals surface area contributed by atoms with Crippen molar-refractivity contribution in [1.82, 2.24) is 10.2 Å². The van der Waals surface area contributed by atoms with Crippen molar-refractivity contribution < 1.29 is 22.7 Å². The summed E-state index contributed by atoms with van der Waals surface area (Å²) in [6.45, 7) is 5.65. The quantitative estimate of drug-likeness (QED) is 0.204. The molecule has 0 unspecified atom stereocenters. The Morgan fingerprint density at radius 3 is 1.86 bits per heavy atom. The van der Waals surface area contributed by atoms with E-state index in [2.05, 4.69) is 5.32 Å². The van der Waals surface area contributed by atoms with E-state index in [9.17, 15) is 18.0 Å². The van der Waals surface area contributed by atoms with E-state index in [0.29, 0.717) is 18.0 Å². The number of sulfonamides is 1. The maximum Gasteiger partial charge on any atom is 0.264 e. The molecule has 0 aromatic heterocycles.